The molecule has 4 heteroatoms. The maximum atomic E-state index is 8.74. The molecule has 68 valence electrons. The van der Waals surface area contributed by atoms with Crippen LogP contribution in [0.3, 0.4) is 0 Å². The van der Waals surface area contributed by atoms with E-state index in [1.165, 1.54) is 0 Å². The van der Waals surface area contributed by atoms with Crippen molar-refractivity contribution in [2.75, 3.05) is 6.61 Å². The Morgan fingerprint density at radius 2 is 2.33 bits per heavy atom. The molecular formula is C8H13ClN2O. The van der Waals surface area contributed by atoms with Crippen LogP contribution in [0.5, 0.6) is 0 Å². The number of aliphatic hydroxyl groups excluding tert-OH is 1. The van der Waals surface area contributed by atoms with Gasteiger partial charge in [-0.2, -0.15) is 0 Å². The highest BCUT2D eigenvalue weighted by Crippen LogP contribution is 2.18. The summed E-state index contributed by atoms with van der Waals surface area (Å²) in [4.78, 5) is 4.10. The molecule has 0 radical (unpaired) electrons. The van der Waals surface area contributed by atoms with E-state index in [-0.39, 0.29) is 6.61 Å². The van der Waals surface area contributed by atoms with Crippen molar-refractivity contribution in [2.45, 2.75) is 26.3 Å². The molecule has 0 bridgehead atoms. The molecule has 1 N–H and O–H groups in total. The zero-order valence-electron chi connectivity index (χ0n) is 7.29. The van der Waals surface area contributed by atoms with Gasteiger partial charge in [-0.15, -0.1) is 0 Å². The molecule has 3 nitrogen and oxygen atoms in total. The third-order valence-electron chi connectivity index (χ3n) is 1.68. The zero-order chi connectivity index (χ0) is 9.14. The molecule has 1 aromatic heterocycles. The Bertz CT molecular complexity index is 258. The average molecular weight is 189 g/mol. The van der Waals surface area contributed by atoms with E-state index in [4.69, 9.17) is 16.7 Å². The first-order valence-electron chi connectivity index (χ1n) is 3.99. The minimum atomic E-state index is 0.111. The van der Waals surface area contributed by atoms with Gasteiger partial charge in [0.15, 0.2) is 0 Å². The number of hydrogen-bond donors (Lipinski definition) is 1. The molecule has 0 aliphatic carbocycles. The van der Waals surface area contributed by atoms with E-state index in [1.807, 2.05) is 18.4 Å². The number of rotatable bonds is 3. The minimum absolute atomic E-state index is 0.111. The molecule has 0 fully saturated rings. The van der Waals surface area contributed by atoms with Crippen molar-refractivity contribution >= 4 is 11.6 Å². The largest absolute Gasteiger partial charge is 0.396 e. The third kappa shape index (κ3) is 1.79. The van der Waals surface area contributed by atoms with Crippen molar-refractivity contribution in [3.05, 3.63) is 17.2 Å². The smallest absolute Gasteiger partial charge is 0.129 e. The molecule has 1 rings (SSSR count). The van der Waals surface area contributed by atoms with E-state index < -0.39 is 0 Å². The van der Waals surface area contributed by atoms with Gasteiger partial charge in [0, 0.05) is 12.5 Å². The number of aromatic nitrogens is 2. The first-order chi connectivity index (χ1) is 5.66. The molecule has 0 saturated heterocycles. The van der Waals surface area contributed by atoms with Crippen LogP contribution in [-0.4, -0.2) is 21.3 Å². The lowest BCUT2D eigenvalue weighted by molar-refractivity contribution is 0.293. The summed E-state index contributed by atoms with van der Waals surface area (Å²) in [5.41, 5.74) is 0. The van der Waals surface area contributed by atoms with Gasteiger partial charge in [0.05, 0.1) is 12.8 Å². The first kappa shape index (κ1) is 9.55. The normalized spacial score (nSPS) is 11.1. The van der Waals surface area contributed by atoms with Crippen LogP contribution in [-0.2, 0) is 6.42 Å². The highest BCUT2D eigenvalue weighted by molar-refractivity contribution is 6.29. The maximum absolute atomic E-state index is 8.74. The van der Waals surface area contributed by atoms with Crippen LogP contribution in [0.1, 0.15) is 25.7 Å². The van der Waals surface area contributed by atoms with Crippen molar-refractivity contribution in [1.82, 2.24) is 9.55 Å². The molecule has 0 amide bonds. The Hall–Kier alpha value is -0.540. The highest BCUT2D eigenvalue weighted by Gasteiger charge is 2.09. The van der Waals surface area contributed by atoms with E-state index in [0.717, 1.165) is 5.82 Å². The van der Waals surface area contributed by atoms with Crippen LogP contribution in [0.25, 0.3) is 0 Å². The fourth-order valence-electron chi connectivity index (χ4n) is 1.21. The number of aliphatic hydroxyl groups is 1. The van der Waals surface area contributed by atoms with E-state index in [9.17, 15) is 0 Å². The number of hydrogen-bond acceptors (Lipinski definition) is 2. The second kappa shape index (κ2) is 3.92. The van der Waals surface area contributed by atoms with E-state index in [1.54, 1.807) is 6.20 Å². The van der Waals surface area contributed by atoms with Crippen molar-refractivity contribution in [2.24, 2.45) is 0 Å². The van der Waals surface area contributed by atoms with Crippen molar-refractivity contribution in [1.29, 1.82) is 0 Å². The van der Waals surface area contributed by atoms with E-state index >= 15 is 0 Å². The van der Waals surface area contributed by atoms with Crippen molar-refractivity contribution in [3.63, 3.8) is 0 Å². The fourth-order valence-corrected chi connectivity index (χ4v) is 1.55. The van der Waals surface area contributed by atoms with Gasteiger partial charge in [0.1, 0.15) is 11.0 Å². The fraction of sp³-hybridized carbons (Fsp3) is 0.625. The van der Waals surface area contributed by atoms with Crippen molar-refractivity contribution in [3.8, 4) is 0 Å². The van der Waals surface area contributed by atoms with Gasteiger partial charge in [0.2, 0.25) is 0 Å². The van der Waals surface area contributed by atoms with Crippen LogP contribution in [0.4, 0.5) is 0 Å². The second-order valence-electron chi connectivity index (χ2n) is 2.93. The summed E-state index contributed by atoms with van der Waals surface area (Å²) in [5.74, 6) is 0.845. The molecule has 1 aromatic rings. The lowest BCUT2D eigenvalue weighted by Gasteiger charge is -2.11. The Kier molecular flexibility index (Phi) is 3.12. The standard InChI is InChI=1S/C8H13ClN2O/c1-6(2)11-7(9)5-10-8(11)3-4-12/h5-6,12H,3-4H2,1-2H3. The zero-order valence-corrected chi connectivity index (χ0v) is 8.04. The van der Waals surface area contributed by atoms with Gasteiger partial charge in [-0.05, 0) is 13.8 Å². The number of imidazole rings is 1. The Labute approximate surface area is 77.0 Å². The Balaban J connectivity index is 2.95. The van der Waals surface area contributed by atoms with E-state index in [2.05, 4.69) is 4.98 Å². The van der Waals surface area contributed by atoms with Gasteiger partial charge >= 0.3 is 0 Å². The van der Waals surface area contributed by atoms with Gasteiger partial charge in [-0.25, -0.2) is 4.98 Å². The molecule has 0 aromatic carbocycles. The van der Waals surface area contributed by atoms with E-state index in [0.29, 0.717) is 17.6 Å². The summed E-state index contributed by atoms with van der Waals surface area (Å²) in [6, 6.07) is 0.293. The topological polar surface area (TPSA) is 38.0 Å². The summed E-state index contributed by atoms with van der Waals surface area (Å²) in [5, 5.41) is 9.37. The van der Waals surface area contributed by atoms with Crippen LogP contribution >= 0.6 is 11.6 Å². The maximum Gasteiger partial charge on any atom is 0.129 e. The minimum Gasteiger partial charge on any atom is -0.396 e. The Morgan fingerprint density at radius 1 is 1.67 bits per heavy atom. The van der Waals surface area contributed by atoms with Gasteiger partial charge in [-0.3, -0.25) is 0 Å². The summed E-state index contributed by atoms with van der Waals surface area (Å²) in [6.07, 6.45) is 2.18. The lowest BCUT2D eigenvalue weighted by Crippen LogP contribution is -2.08. The molecule has 1 heterocycles. The quantitative estimate of drug-likeness (QED) is 0.784. The number of nitrogens with zero attached hydrogens (tertiary/aromatic N) is 2. The van der Waals surface area contributed by atoms with Gasteiger partial charge in [-0.1, -0.05) is 11.6 Å². The molecule has 0 spiro atoms. The van der Waals surface area contributed by atoms with Crippen molar-refractivity contribution < 1.29 is 5.11 Å². The average Bonchev–Trinajstić information content (AvgIpc) is 2.32. The summed E-state index contributed by atoms with van der Waals surface area (Å²) < 4.78 is 1.91. The number of halogens is 1. The Morgan fingerprint density at radius 3 is 2.83 bits per heavy atom. The molecule has 0 unspecified atom stereocenters. The summed E-state index contributed by atoms with van der Waals surface area (Å²) in [7, 11) is 0. The SMILES string of the molecule is CC(C)n1c(Cl)cnc1CCO. The van der Waals surface area contributed by atoms with Crippen LogP contribution in [0.2, 0.25) is 5.15 Å². The van der Waals surface area contributed by atoms with Gasteiger partial charge < -0.3 is 9.67 Å². The molecule has 12 heavy (non-hydrogen) atoms. The van der Waals surface area contributed by atoms with Crippen LogP contribution < -0.4 is 0 Å². The third-order valence-corrected chi connectivity index (χ3v) is 1.96. The highest BCUT2D eigenvalue weighted by atomic mass is 35.5. The first-order valence-corrected chi connectivity index (χ1v) is 4.37. The molecule has 0 aliphatic heterocycles. The predicted molar refractivity (Wildman–Crippen MR) is 48.4 cm³/mol. The molecular weight excluding hydrogens is 176 g/mol. The van der Waals surface area contributed by atoms with Crippen LogP contribution in [0, 0.1) is 0 Å². The summed E-state index contributed by atoms with van der Waals surface area (Å²) in [6.45, 7) is 4.18. The predicted octanol–water partition coefficient (Wildman–Crippen LogP) is 1.65. The monoisotopic (exact) mass is 188 g/mol. The van der Waals surface area contributed by atoms with Gasteiger partial charge in [0.25, 0.3) is 0 Å². The lowest BCUT2D eigenvalue weighted by atomic mass is 10.3. The second-order valence-corrected chi connectivity index (χ2v) is 3.32. The van der Waals surface area contributed by atoms with Crippen LogP contribution in [0.15, 0.2) is 6.20 Å². The molecule has 0 saturated carbocycles. The summed E-state index contributed by atoms with van der Waals surface area (Å²) >= 11 is 5.89. The molecule has 0 atom stereocenters. The molecule has 0 aliphatic rings.